The number of hydrogen-bond donors (Lipinski definition) is 2. The number of nitrogens with zero attached hydrogens (tertiary/aromatic N) is 1. The lowest BCUT2D eigenvalue weighted by Crippen LogP contribution is -2.36. The van der Waals surface area contributed by atoms with Crippen molar-refractivity contribution < 1.29 is 4.74 Å². The van der Waals surface area contributed by atoms with E-state index in [2.05, 4.69) is 18.7 Å². The zero-order valence-electron chi connectivity index (χ0n) is 12.7. The Kier molecular flexibility index (Phi) is 4.33. The van der Waals surface area contributed by atoms with E-state index < -0.39 is 0 Å². The summed E-state index contributed by atoms with van der Waals surface area (Å²) in [5, 5.41) is 7.53. The summed E-state index contributed by atoms with van der Waals surface area (Å²) in [6.07, 6.45) is 2.49. The number of benzene rings is 1. The molecule has 0 radical (unpaired) electrons. The van der Waals surface area contributed by atoms with Crippen LogP contribution in [0.4, 0.5) is 0 Å². The Hall–Kier alpha value is -1.55. The van der Waals surface area contributed by atoms with Gasteiger partial charge in [0.05, 0.1) is 12.7 Å². The van der Waals surface area contributed by atoms with Crippen LogP contribution in [0.5, 0.6) is 5.75 Å². The summed E-state index contributed by atoms with van der Waals surface area (Å²) in [4.78, 5) is 2.48. The van der Waals surface area contributed by atoms with Crippen LogP contribution in [0.2, 0.25) is 0 Å². The molecular weight excluding hydrogens is 250 g/mol. The summed E-state index contributed by atoms with van der Waals surface area (Å²) in [7, 11) is 1.62. The number of ether oxygens (including phenoxy) is 1. The number of nitrogens with one attached hydrogen (secondary N) is 1. The zero-order valence-corrected chi connectivity index (χ0v) is 12.7. The minimum absolute atomic E-state index is 0.0492. The number of nitrogens with two attached hydrogens (primary N) is 1. The molecule has 3 N–H and O–H groups in total. The molecule has 1 fully saturated rings. The van der Waals surface area contributed by atoms with Gasteiger partial charge in [0.1, 0.15) is 11.6 Å². The fourth-order valence-corrected chi connectivity index (χ4v) is 2.63. The highest BCUT2D eigenvalue weighted by Gasteiger charge is 2.25. The fraction of sp³-hybridized carbons (Fsp3) is 0.562. The van der Waals surface area contributed by atoms with Gasteiger partial charge in [-0.25, -0.2) is 0 Å². The van der Waals surface area contributed by atoms with Gasteiger partial charge in [-0.2, -0.15) is 0 Å². The van der Waals surface area contributed by atoms with Gasteiger partial charge in [-0.1, -0.05) is 19.9 Å². The van der Waals surface area contributed by atoms with Crippen molar-refractivity contribution in [3.63, 3.8) is 0 Å². The first kappa shape index (κ1) is 14.9. The van der Waals surface area contributed by atoms with Crippen LogP contribution in [-0.4, -0.2) is 30.9 Å². The SMILES string of the molecule is COc1cc(CN2CCC(C)(C)CC2)ccc1C(=N)N. The Morgan fingerprint density at radius 3 is 2.55 bits per heavy atom. The van der Waals surface area contributed by atoms with E-state index in [4.69, 9.17) is 15.9 Å². The molecule has 4 heteroatoms. The van der Waals surface area contributed by atoms with E-state index in [1.54, 1.807) is 7.11 Å². The van der Waals surface area contributed by atoms with Crippen molar-refractivity contribution in [1.82, 2.24) is 4.90 Å². The highest BCUT2D eigenvalue weighted by atomic mass is 16.5. The van der Waals surface area contributed by atoms with Crippen molar-refractivity contribution in [3.05, 3.63) is 29.3 Å². The molecule has 0 aliphatic carbocycles. The van der Waals surface area contributed by atoms with Crippen molar-refractivity contribution >= 4 is 5.84 Å². The summed E-state index contributed by atoms with van der Waals surface area (Å²) in [5.74, 6) is 0.737. The molecule has 0 atom stereocenters. The molecule has 1 saturated heterocycles. The van der Waals surface area contributed by atoms with Crippen molar-refractivity contribution in [3.8, 4) is 5.75 Å². The molecule has 1 aromatic carbocycles. The normalized spacial score (nSPS) is 18.8. The minimum atomic E-state index is 0.0492. The van der Waals surface area contributed by atoms with E-state index in [0.717, 1.165) is 19.6 Å². The second kappa shape index (κ2) is 5.83. The predicted octanol–water partition coefficient (Wildman–Crippen LogP) is 2.60. The van der Waals surface area contributed by atoms with E-state index in [0.29, 0.717) is 16.7 Å². The van der Waals surface area contributed by atoms with Crippen molar-refractivity contribution in [1.29, 1.82) is 5.41 Å². The van der Waals surface area contributed by atoms with Gasteiger partial charge in [-0.3, -0.25) is 10.3 Å². The highest BCUT2D eigenvalue weighted by molar-refractivity contribution is 5.97. The molecule has 4 nitrogen and oxygen atoms in total. The van der Waals surface area contributed by atoms with E-state index in [1.165, 1.54) is 18.4 Å². The largest absolute Gasteiger partial charge is 0.496 e. The number of likely N-dealkylation sites (tertiary alicyclic amines) is 1. The van der Waals surface area contributed by atoms with Crippen molar-refractivity contribution in [2.45, 2.75) is 33.2 Å². The molecule has 2 rings (SSSR count). The van der Waals surface area contributed by atoms with Gasteiger partial charge in [0.15, 0.2) is 0 Å². The van der Waals surface area contributed by atoms with Crippen molar-refractivity contribution in [2.24, 2.45) is 11.1 Å². The van der Waals surface area contributed by atoms with Gasteiger partial charge in [0.25, 0.3) is 0 Å². The van der Waals surface area contributed by atoms with Crippen LogP contribution in [0.3, 0.4) is 0 Å². The summed E-state index contributed by atoms with van der Waals surface area (Å²) in [6, 6.07) is 5.92. The van der Waals surface area contributed by atoms with Crippen LogP contribution in [0.25, 0.3) is 0 Å². The van der Waals surface area contributed by atoms with E-state index >= 15 is 0 Å². The summed E-state index contributed by atoms with van der Waals surface area (Å²) in [5.41, 5.74) is 7.90. The average Bonchev–Trinajstić information content (AvgIpc) is 2.40. The van der Waals surface area contributed by atoms with Crippen molar-refractivity contribution in [2.75, 3.05) is 20.2 Å². The molecule has 0 saturated carbocycles. The quantitative estimate of drug-likeness (QED) is 0.656. The van der Waals surface area contributed by atoms with Gasteiger partial charge in [-0.15, -0.1) is 0 Å². The van der Waals surface area contributed by atoms with Crippen LogP contribution in [0.1, 0.15) is 37.8 Å². The summed E-state index contributed by atoms with van der Waals surface area (Å²) >= 11 is 0. The number of nitrogen functional groups attached to an aromatic ring is 1. The third kappa shape index (κ3) is 3.51. The molecule has 20 heavy (non-hydrogen) atoms. The highest BCUT2D eigenvalue weighted by Crippen LogP contribution is 2.30. The second-order valence-corrected chi connectivity index (χ2v) is 6.39. The molecule has 1 aromatic rings. The third-order valence-electron chi connectivity index (χ3n) is 4.17. The lowest BCUT2D eigenvalue weighted by molar-refractivity contribution is 0.127. The average molecular weight is 275 g/mol. The number of methoxy groups -OCH3 is 1. The topological polar surface area (TPSA) is 62.3 Å². The second-order valence-electron chi connectivity index (χ2n) is 6.39. The molecule has 0 aromatic heterocycles. The number of hydrogen-bond acceptors (Lipinski definition) is 3. The fourth-order valence-electron chi connectivity index (χ4n) is 2.63. The van der Waals surface area contributed by atoms with Gasteiger partial charge in [0, 0.05) is 6.54 Å². The lowest BCUT2D eigenvalue weighted by atomic mass is 9.82. The molecule has 110 valence electrons. The van der Waals surface area contributed by atoms with Crippen LogP contribution in [-0.2, 0) is 6.54 Å². The Morgan fingerprint density at radius 2 is 2.00 bits per heavy atom. The monoisotopic (exact) mass is 275 g/mol. The zero-order chi connectivity index (χ0) is 14.8. The number of piperidine rings is 1. The van der Waals surface area contributed by atoms with Crippen LogP contribution >= 0.6 is 0 Å². The van der Waals surface area contributed by atoms with Gasteiger partial charge in [-0.05, 0) is 49.0 Å². The first-order valence-corrected chi connectivity index (χ1v) is 7.15. The molecule has 1 aliphatic heterocycles. The molecule has 1 heterocycles. The standard InChI is InChI=1S/C16H25N3O/c1-16(2)6-8-19(9-7-16)11-12-4-5-13(15(17)18)14(10-12)20-3/h4-5,10H,6-9,11H2,1-3H3,(H3,17,18). The van der Waals surface area contributed by atoms with E-state index in [9.17, 15) is 0 Å². The maximum Gasteiger partial charge on any atom is 0.130 e. The molecule has 0 bridgehead atoms. The third-order valence-corrected chi connectivity index (χ3v) is 4.17. The maximum absolute atomic E-state index is 7.53. The predicted molar refractivity (Wildman–Crippen MR) is 82.3 cm³/mol. The molecule has 0 spiro atoms. The first-order valence-electron chi connectivity index (χ1n) is 7.15. The molecule has 0 unspecified atom stereocenters. The summed E-state index contributed by atoms with van der Waals surface area (Å²) in [6.45, 7) is 7.90. The lowest BCUT2D eigenvalue weighted by Gasteiger charge is -2.37. The Bertz CT molecular complexity index is 486. The first-order chi connectivity index (χ1) is 9.41. The van der Waals surface area contributed by atoms with Gasteiger partial charge < -0.3 is 10.5 Å². The maximum atomic E-state index is 7.53. The van der Waals surface area contributed by atoms with E-state index in [1.807, 2.05) is 18.2 Å². The Labute approximate surface area is 121 Å². The Morgan fingerprint density at radius 1 is 1.35 bits per heavy atom. The van der Waals surface area contributed by atoms with Crippen LogP contribution < -0.4 is 10.5 Å². The molecule has 0 amide bonds. The van der Waals surface area contributed by atoms with Crippen LogP contribution in [0.15, 0.2) is 18.2 Å². The molecule has 1 aliphatic rings. The van der Waals surface area contributed by atoms with Gasteiger partial charge >= 0.3 is 0 Å². The van der Waals surface area contributed by atoms with Gasteiger partial charge in [0.2, 0.25) is 0 Å². The Balaban J connectivity index is 2.05. The summed E-state index contributed by atoms with van der Waals surface area (Å²) < 4.78 is 5.33. The smallest absolute Gasteiger partial charge is 0.130 e. The molecular formula is C16H25N3O. The number of rotatable bonds is 4. The van der Waals surface area contributed by atoms with Crippen LogP contribution in [0, 0.1) is 10.8 Å². The minimum Gasteiger partial charge on any atom is -0.496 e. The van der Waals surface area contributed by atoms with E-state index in [-0.39, 0.29) is 5.84 Å². The number of amidine groups is 1.